The second-order valence-electron chi connectivity index (χ2n) is 8.98. The predicted molar refractivity (Wildman–Crippen MR) is 121 cm³/mol. The Morgan fingerprint density at radius 3 is 1.23 bits per heavy atom. The van der Waals surface area contributed by atoms with E-state index in [9.17, 15) is 10.2 Å². The van der Waals surface area contributed by atoms with Gasteiger partial charge in [0.25, 0.3) is 0 Å². The van der Waals surface area contributed by atoms with Crippen LogP contribution in [0.3, 0.4) is 0 Å². The van der Waals surface area contributed by atoms with Crippen molar-refractivity contribution >= 4 is 0 Å². The van der Waals surface area contributed by atoms with Crippen LogP contribution in [0.5, 0.6) is 0 Å². The highest BCUT2D eigenvalue weighted by Crippen LogP contribution is 2.25. The van der Waals surface area contributed by atoms with E-state index in [-0.39, 0.29) is 12.1 Å². The van der Waals surface area contributed by atoms with Gasteiger partial charge >= 0.3 is 0 Å². The monoisotopic (exact) mass is 408 g/mol. The van der Waals surface area contributed by atoms with Gasteiger partial charge in [-0.25, -0.2) is 0 Å². The summed E-state index contributed by atoms with van der Waals surface area (Å²) >= 11 is 0. The molecule has 2 aromatic carbocycles. The second-order valence-corrected chi connectivity index (χ2v) is 8.98. The number of benzene rings is 2. The summed E-state index contributed by atoms with van der Waals surface area (Å²) in [4.78, 5) is 4.79. The number of hydrogen-bond acceptors (Lipinski definition) is 4. The Morgan fingerprint density at radius 1 is 0.567 bits per heavy atom. The van der Waals surface area contributed by atoms with Gasteiger partial charge in [-0.15, -0.1) is 0 Å². The van der Waals surface area contributed by atoms with Crippen LogP contribution in [-0.2, 0) is 12.8 Å². The molecular formula is C26H36N2O2. The Hall–Kier alpha value is -1.72. The molecule has 162 valence electrons. The molecule has 2 N–H and O–H groups in total. The van der Waals surface area contributed by atoms with Crippen molar-refractivity contribution in [3.05, 3.63) is 71.8 Å². The molecule has 30 heavy (non-hydrogen) atoms. The van der Waals surface area contributed by atoms with Gasteiger partial charge in [0.05, 0.1) is 12.2 Å². The van der Waals surface area contributed by atoms with Crippen LogP contribution in [-0.4, -0.2) is 70.5 Å². The molecule has 2 heterocycles. The molecule has 0 radical (unpaired) electrons. The zero-order valence-corrected chi connectivity index (χ0v) is 17.9. The number of aliphatic hydroxyl groups is 2. The third-order valence-corrected chi connectivity index (χ3v) is 6.93. The molecule has 0 saturated carbocycles. The molecule has 2 fully saturated rings. The maximum absolute atomic E-state index is 11.5. The normalized spacial score (nSPS) is 22.1. The molecule has 0 spiro atoms. The number of hydrogen-bond donors (Lipinski definition) is 2. The molecule has 2 saturated heterocycles. The van der Waals surface area contributed by atoms with Crippen molar-refractivity contribution in [3.8, 4) is 0 Å². The first-order chi connectivity index (χ1) is 14.7. The van der Waals surface area contributed by atoms with Crippen molar-refractivity contribution in [2.45, 2.75) is 62.8 Å². The molecular weight excluding hydrogens is 372 g/mol. The topological polar surface area (TPSA) is 46.9 Å². The van der Waals surface area contributed by atoms with E-state index < -0.39 is 12.2 Å². The molecule has 4 heteroatoms. The van der Waals surface area contributed by atoms with Crippen LogP contribution in [0.2, 0.25) is 0 Å². The lowest BCUT2D eigenvalue weighted by Crippen LogP contribution is -2.56. The van der Waals surface area contributed by atoms with E-state index in [2.05, 4.69) is 58.3 Å². The van der Waals surface area contributed by atoms with E-state index in [1.807, 2.05) is 12.1 Å². The summed E-state index contributed by atoms with van der Waals surface area (Å²) in [6.45, 7) is 4.03. The lowest BCUT2D eigenvalue weighted by Gasteiger charge is -2.39. The highest BCUT2D eigenvalue weighted by molar-refractivity contribution is 5.19. The fourth-order valence-electron chi connectivity index (χ4n) is 5.24. The lowest BCUT2D eigenvalue weighted by atomic mass is 9.89. The van der Waals surface area contributed by atoms with Crippen LogP contribution in [0.25, 0.3) is 0 Å². The Morgan fingerprint density at radius 2 is 0.900 bits per heavy atom. The van der Waals surface area contributed by atoms with Crippen molar-refractivity contribution in [1.82, 2.24) is 9.80 Å². The van der Waals surface area contributed by atoms with Crippen molar-refractivity contribution in [1.29, 1.82) is 0 Å². The van der Waals surface area contributed by atoms with Gasteiger partial charge in [-0.1, -0.05) is 60.7 Å². The standard InChI is InChI=1S/C26H36N2O2/c29-25(23(27-15-7-8-16-27)19-21-11-3-1-4-12-21)26(30)24(28-17-9-10-18-28)20-22-13-5-2-6-14-22/h1-6,11-14,23-26,29-30H,7-10,15-20H2/t23-,24-,25+,26+/m1/s1. The van der Waals surface area contributed by atoms with Gasteiger partial charge in [0.15, 0.2) is 0 Å². The van der Waals surface area contributed by atoms with Gasteiger partial charge < -0.3 is 10.2 Å². The SMILES string of the molecule is O[C@H]([C@@H](O)[C@@H](Cc1ccccc1)N1CCCC1)[C@@H](Cc1ccccc1)N1CCCC1. The summed E-state index contributed by atoms with van der Waals surface area (Å²) in [5.41, 5.74) is 2.45. The molecule has 4 nitrogen and oxygen atoms in total. The van der Waals surface area contributed by atoms with Gasteiger partial charge in [0.2, 0.25) is 0 Å². The lowest BCUT2D eigenvalue weighted by molar-refractivity contribution is -0.0693. The Kier molecular flexibility index (Phi) is 7.56. The Bertz CT molecular complexity index is 677. The maximum Gasteiger partial charge on any atom is 0.0972 e. The van der Waals surface area contributed by atoms with Crippen molar-refractivity contribution in [3.63, 3.8) is 0 Å². The highest BCUT2D eigenvalue weighted by Gasteiger charge is 2.39. The van der Waals surface area contributed by atoms with E-state index >= 15 is 0 Å². The summed E-state index contributed by atoms with van der Waals surface area (Å²) in [5, 5.41) is 23.0. The molecule has 4 rings (SSSR count). The summed E-state index contributed by atoms with van der Waals surface area (Å²) in [6, 6.07) is 20.7. The number of aliphatic hydroxyl groups excluding tert-OH is 2. The van der Waals surface area contributed by atoms with Gasteiger partial charge in [-0.3, -0.25) is 9.80 Å². The zero-order valence-electron chi connectivity index (χ0n) is 17.9. The predicted octanol–water partition coefficient (Wildman–Crippen LogP) is 3.12. The van der Waals surface area contributed by atoms with Crippen LogP contribution < -0.4 is 0 Å². The Labute approximate surface area is 181 Å². The zero-order chi connectivity index (χ0) is 20.8. The molecule has 2 aliphatic rings. The molecule has 2 aromatic rings. The Balaban J connectivity index is 1.54. The minimum absolute atomic E-state index is 0.0502. The summed E-state index contributed by atoms with van der Waals surface area (Å²) < 4.78 is 0. The second kappa shape index (κ2) is 10.5. The first-order valence-electron chi connectivity index (χ1n) is 11.6. The van der Waals surface area contributed by atoms with Gasteiger partial charge in [0.1, 0.15) is 0 Å². The highest BCUT2D eigenvalue weighted by atomic mass is 16.3. The quantitative estimate of drug-likeness (QED) is 0.669. The van der Waals surface area contributed by atoms with E-state index in [0.29, 0.717) is 0 Å². The van der Waals surface area contributed by atoms with Crippen LogP contribution in [0.15, 0.2) is 60.7 Å². The van der Waals surface area contributed by atoms with Gasteiger partial charge in [-0.05, 0) is 75.8 Å². The van der Waals surface area contributed by atoms with E-state index in [1.165, 1.54) is 36.8 Å². The molecule has 0 unspecified atom stereocenters. The van der Waals surface area contributed by atoms with E-state index in [0.717, 1.165) is 39.0 Å². The fraction of sp³-hybridized carbons (Fsp3) is 0.538. The average Bonchev–Trinajstić information content (AvgIpc) is 3.51. The smallest absolute Gasteiger partial charge is 0.0972 e. The third-order valence-electron chi connectivity index (χ3n) is 6.93. The van der Waals surface area contributed by atoms with Crippen LogP contribution >= 0.6 is 0 Å². The maximum atomic E-state index is 11.5. The van der Waals surface area contributed by atoms with Crippen molar-refractivity contribution in [2.75, 3.05) is 26.2 Å². The van der Waals surface area contributed by atoms with Crippen molar-refractivity contribution in [2.24, 2.45) is 0 Å². The first-order valence-corrected chi connectivity index (χ1v) is 11.6. The molecule has 4 atom stereocenters. The van der Waals surface area contributed by atoms with Gasteiger partial charge in [0, 0.05) is 12.1 Å². The van der Waals surface area contributed by atoms with E-state index in [1.54, 1.807) is 0 Å². The number of nitrogens with zero attached hydrogens (tertiary/aromatic N) is 2. The first kappa shape index (κ1) is 21.5. The average molecular weight is 409 g/mol. The minimum atomic E-state index is -0.766. The summed E-state index contributed by atoms with van der Waals surface area (Å²) in [6.07, 6.45) is 4.71. The molecule has 0 aliphatic carbocycles. The third kappa shape index (κ3) is 5.30. The molecule has 0 aromatic heterocycles. The number of likely N-dealkylation sites (tertiary alicyclic amines) is 2. The molecule has 0 bridgehead atoms. The van der Waals surface area contributed by atoms with Crippen LogP contribution in [0, 0.1) is 0 Å². The van der Waals surface area contributed by atoms with E-state index in [4.69, 9.17) is 0 Å². The molecule has 2 aliphatic heterocycles. The minimum Gasteiger partial charge on any atom is -0.389 e. The summed E-state index contributed by atoms with van der Waals surface area (Å²) in [5.74, 6) is 0. The fourth-order valence-corrected chi connectivity index (χ4v) is 5.24. The van der Waals surface area contributed by atoms with Crippen LogP contribution in [0.4, 0.5) is 0 Å². The van der Waals surface area contributed by atoms with Crippen LogP contribution in [0.1, 0.15) is 36.8 Å². The van der Waals surface area contributed by atoms with Crippen molar-refractivity contribution < 1.29 is 10.2 Å². The largest absolute Gasteiger partial charge is 0.389 e. The summed E-state index contributed by atoms with van der Waals surface area (Å²) in [7, 11) is 0. The van der Waals surface area contributed by atoms with Gasteiger partial charge in [-0.2, -0.15) is 0 Å². The molecule has 0 amide bonds. The number of rotatable bonds is 9.